The summed E-state index contributed by atoms with van der Waals surface area (Å²) in [7, 11) is 0. The Morgan fingerprint density at radius 2 is 0.500 bits per heavy atom. The topological polar surface area (TPSA) is 161 Å². The first-order valence-electron chi connectivity index (χ1n) is 2.39. The quantitative estimate of drug-likeness (QED) is 0.336. The van der Waals surface area contributed by atoms with Crippen molar-refractivity contribution in [1.82, 2.24) is 0 Å². The summed E-state index contributed by atoms with van der Waals surface area (Å²) in [5.41, 5.74) is -6.44. The molecule has 0 aromatic carbocycles. The van der Waals surface area contributed by atoms with Gasteiger partial charge in [0.05, 0.1) is 0 Å². The van der Waals surface area contributed by atoms with E-state index in [1.807, 2.05) is 0 Å². The average Bonchev–Trinajstić information content (AvgIpc) is 1.76. The molecule has 0 saturated heterocycles. The van der Waals surface area contributed by atoms with Crippen LogP contribution >= 0.6 is 46.4 Å². The molecule has 0 heterocycles. The second-order valence-electron chi connectivity index (χ2n) is 0.951. The molecular weight excluding hydrogens is 366 g/mol. The van der Waals surface area contributed by atoms with Crippen LogP contribution in [0.1, 0.15) is 0 Å². The molecule has 18 heavy (non-hydrogen) atoms. The van der Waals surface area contributed by atoms with E-state index in [0.29, 0.717) is 0 Å². The predicted octanol–water partition coefficient (Wildman–Crippen LogP) is -2.49. The number of hydrogen-bond acceptors (Lipinski definition) is 8. The van der Waals surface area contributed by atoms with Crippen LogP contribution in [0.15, 0.2) is 0 Å². The van der Waals surface area contributed by atoms with Gasteiger partial charge in [-0.2, -0.15) is 0 Å². The molecule has 0 aliphatic rings. The normalized spacial score (nSPS) is 5.56. The van der Waals surface area contributed by atoms with E-state index >= 15 is 0 Å². The number of carbonyl (C=O) groups is 4. The van der Waals surface area contributed by atoms with Crippen molar-refractivity contribution in [3.05, 3.63) is 0 Å². The summed E-state index contributed by atoms with van der Waals surface area (Å²) in [6.07, 6.45) is 0. The molecule has 0 radical (unpaired) electrons. The van der Waals surface area contributed by atoms with Crippen LogP contribution in [0.5, 0.6) is 0 Å². The molecule has 0 rings (SSSR count). The van der Waals surface area contributed by atoms with E-state index < -0.39 is 21.7 Å². The molecule has 0 spiro atoms. The van der Waals surface area contributed by atoms with E-state index in [-0.39, 0.29) is 46.1 Å². The van der Waals surface area contributed by atoms with Crippen molar-refractivity contribution in [2.75, 3.05) is 0 Å². The maximum Gasteiger partial charge on any atom is 2.00 e. The van der Waals surface area contributed by atoms with Crippen molar-refractivity contribution in [1.29, 1.82) is 0 Å². The largest absolute Gasteiger partial charge is 2.00 e. The zero-order chi connectivity index (χ0) is 14.3. The van der Waals surface area contributed by atoms with E-state index in [0.717, 1.165) is 0 Å². The zero-order valence-corrected chi connectivity index (χ0v) is 14.0. The molecule has 0 aliphatic heterocycles. The van der Waals surface area contributed by atoms with E-state index in [1.54, 1.807) is 0 Å². The van der Waals surface area contributed by atoms with Gasteiger partial charge in [0.15, 0.2) is 0 Å². The molecule has 0 N–H and O–H groups in total. The van der Waals surface area contributed by atoms with Crippen LogP contribution in [0.25, 0.3) is 0 Å². The summed E-state index contributed by atoms with van der Waals surface area (Å²) in [5.74, 6) is 0. The van der Waals surface area contributed by atoms with E-state index in [9.17, 15) is 0 Å². The van der Waals surface area contributed by atoms with Gasteiger partial charge in [-0.3, -0.25) is 0 Å². The fourth-order valence-corrected chi connectivity index (χ4v) is 0. The third-order valence-electron chi connectivity index (χ3n) is 0. The zero-order valence-electron chi connectivity index (χ0n) is 8.19. The van der Waals surface area contributed by atoms with E-state index in [2.05, 4.69) is 46.4 Å². The van der Waals surface area contributed by atoms with Gasteiger partial charge in [-0.1, -0.05) is 46.4 Å². The van der Waals surface area contributed by atoms with Gasteiger partial charge in [0, 0.05) is 0 Å². The minimum atomic E-state index is -1.61. The van der Waals surface area contributed by atoms with Crippen molar-refractivity contribution in [2.24, 2.45) is 0 Å². The van der Waals surface area contributed by atoms with Crippen LogP contribution in [0.2, 0.25) is 0 Å². The first-order chi connectivity index (χ1) is 6.93. The fourth-order valence-electron chi connectivity index (χ4n) is 0. The Morgan fingerprint density at radius 1 is 0.500 bits per heavy atom. The van der Waals surface area contributed by atoms with Crippen LogP contribution < -0.4 is 20.4 Å². The van der Waals surface area contributed by atoms with Crippen molar-refractivity contribution in [3.63, 3.8) is 0 Å². The Kier molecular flexibility index (Phi) is 61.5. The van der Waals surface area contributed by atoms with Crippen molar-refractivity contribution >= 4 is 114 Å². The predicted molar refractivity (Wildman–Crippen MR) is 56.5 cm³/mol. The summed E-state index contributed by atoms with van der Waals surface area (Å²) in [5, 5.41) is 34.6. The van der Waals surface area contributed by atoms with Gasteiger partial charge < -0.3 is 39.6 Å². The molecule has 8 nitrogen and oxygen atoms in total. The molecule has 0 aromatic rings. The molecule has 0 bridgehead atoms. The number of halogens is 4. The van der Waals surface area contributed by atoms with Gasteiger partial charge in [0.1, 0.15) is 21.7 Å². The number of carbonyl (C=O) groups excluding carboxylic acids is 4. The molecule has 0 unspecified atom stereocenters. The van der Waals surface area contributed by atoms with E-state index in [4.69, 9.17) is 39.6 Å². The summed E-state index contributed by atoms with van der Waals surface area (Å²) in [6.45, 7) is 0. The van der Waals surface area contributed by atoms with Crippen molar-refractivity contribution in [3.8, 4) is 0 Å². The number of hydrogen-bond donors (Lipinski definition) is 0. The summed E-state index contributed by atoms with van der Waals surface area (Å²) >= 11 is 16.3. The van der Waals surface area contributed by atoms with Gasteiger partial charge in [0.25, 0.3) is 0 Å². The Morgan fingerprint density at radius 3 is 0.500 bits per heavy atom. The monoisotopic (exact) mass is 364 g/mol. The average molecular weight is 366 g/mol. The number of rotatable bonds is 0. The van der Waals surface area contributed by atoms with Crippen molar-refractivity contribution < 1.29 is 39.6 Å². The van der Waals surface area contributed by atoms with Crippen molar-refractivity contribution in [2.45, 2.75) is 0 Å². The Bertz CT molecular complexity index is 173. The van der Waals surface area contributed by atoms with Gasteiger partial charge in [-0.25, -0.2) is 0 Å². The SMILES string of the molecule is O=C([O-])Cl.O=C([O-])Cl.O=C([O-])Cl.O=C([O-])Cl.[Mg+2].[Mg+2]. The standard InChI is InChI=1S/4CHClO2.2Mg/c4*2-1(3)4;;/h4*(H,3,4);;/q;;;;2*+2/p-4. The van der Waals surface area contributed by atoms with Gasteiger partial charge >= 0.3 is 46.1 Å². The fraction of sp³-hybridized carbons (Fsp3) is 0. The minimum Gasteiger partial charge on any atom is -0.534 e. The minimum absolute atomic E-state index is 0. The van der Waals surface area contributed by atoms with Crippen LogP contribution in [0.4, 0.5) is 19.2 Å². The number of carboxylic acid groups (broad SMARTS) is 4. The molecule has 0 fully saturated rings. The van der Waals surface area contributed by atoms with Gasteiger partial charge in [-0.15, -0.1) is 0 Å². The first-order valence-corrected chi connectivity index (χ1v) is 3.90. The second-order valence-corrected chi connectivity index (χ2v) is 2.18. The summed E-state index contributed by atoms with van der Waals surface area (Å²) in [4.78, 5) is 34.6. The smallest absolute Gasteiger partial charge is 0.534 e. The van der Waals surface area contributed by atoms with Crippen LogP contribution in [-0.2, 0) is 0 Å². The first kappa shape index (κ1) is 36.3. The third-order valence-corrected chi connectivity index (χ3v) is 0. The maximum atomic E-state index is 8.65. The Balaban J connectivity index is -0.0000000257. The van der Waals surface area contributed by atoms with Gasteiger partial charge in [-0.05, 0) is 0 Å². The molecule has 0 aromatic heterocycles. The van der Waals surface area contributed by atoms with E-state index in [1.165, 1.54) is 0 Å². The van der Waals surface area contributed by atoms with Crippen LogP contribution in [-0.4, -0.2) is 67.8 Å². The molecule has 0 amide bonds. The Hall–Kier alpha value is 0.572. The van der Waals surface area contributed by atoms with Gasteiger partial charge in [0.2, 0.25) is 0 Å². The van der Waals surface area contributed by atoms with Crippen LogP contribution in [0, 0.1) is 0 Å². The molecule has 96 valence electrons. The maximum absolute atomic E-state index is 8.65. The summed E-state index contributed by atoms with van der Waals surface area (Å²) in [6, 6.07) is 0. The molecule has 14 heteroatoms. The third kappa shape index (κ3) is 12300. The molecule has 0 atom stereocenters. The molecule has 0 saturated carbocycles. The Labute approximate surface area is 152 Å². The molecule has 0 aliphatic carbocycles. The van der Waals surface area contributed by atoms with Crippen LogP contribution in [0.3, 0.4) is 0 Å². The summed E-state index contributed by atoms with van der Waals surface area (Å²) < 4.78 is 0. The second kappa shape index (κ2) is 30.5. The molecular formula is C4Cl4Mg2O8.